The van der Waals surface area contributed by atoms with Crippen molar-refractivity contribution >= 4 is 21.6 Å². The molecule has 2 heterocycles. The highest BCUT2D eigenvalue weighted by molar-refractivity contribution is 9.10. The van der Waals surface area contributed by atoms with Gasteiger partial charge in [-0.05, 0) is 40.2 Å². The van der Waals surface area contributed by atoms with Gasteiger partial charge < -0.3 is 10.7 Å². The van der Waals surface area contributed by atoms with Gasteiger partial charge in [-0.15, -0.1) is 0 Å². The number of nitrogens with two attached hydrogens (primary N) is 1. The predicted molar refractivity (Wildman–Crippen MR) is 109 cm³/mol. The molecule has 0 saturated heterocycles. The van der Waals surface area contributed by atoms with Crippen LogP contribution in [0.25, 0.3) is 22.6 Å². The van der Waals surface area contributed by atoms with Gasteiger partial charge in [-0.2, -0.15) is 0 Å². The Morgan fingerprint density at radius 1 is 1.00 bits per heavy atom. The number of pyridine rings is 1. The van der Waals surface area contributed by atoms with Crippen LogP contribution in [0.15, 0.2) is 47.2 Å². The Morgan fingerprint density at radius 3 is 2.36 bits per heavy atom. The van der Waals surface area contributed by atoms with E-state index in [0.717, 1.165) is 38.5 Å². The maximum Gasteiger partial charge on any atom is 0.137 e. The summed E-state index contributed by atoms with van der Waals surface area (Å²) in [5, 5.41) is 0. The number of hydrogen-bond acceptors (Lipinski definition) is 3. The molecule has 0 unspecified atom stereocenters. The van der Waals surface area contributed by atoms with Crippen LogP contribution in [0.5, 0.6) is 0 Å². The van der Waals surface area contributed by atoms with Gasteiger partial charge in [-0.25, -0.2) is 4.98 Å². The monoisotopic (exact) mass is 400 g/mol. The van der Waals surface area contributed by atoms with Crippen LogP contribution in [0, 0.1) is 0 Å². The van der Waals surface area contributed by atoms with Crippen molar-refractivity contribution in [3.63, 3.8) is 0 Å². The van der Waals surface area contributed by atoms with Crippen LogP contribution in [0.1, 0.15) is 40.3 Å². The van der Waals surface area contributed by atoms with E-state index in [9.17, 15) is 0 Å². The number of benzene rings is 1. The van der Waals surface area contributed by atoms with Gasteiger partial charge in [0.25, 0.3) is 0 Å². The standard InChI is InChI=1S/C18H19BrN4.C2H6/c1-18(2,3)16-9-12(6-7-21-16)17-22-10-15(23-17)11-4-5-14(20)13(19)8-11;1-2/h4-10H,20H2,1-3H3,(H,22,23);1-2H3. The third kappa shape index (κ3) is 4.48. The number of rotatable bonds is 2. The normalized spacial score (nSPS) is 11.0. The molecule has 0 spiro atoms. The number of hydrogen-bond donors (Lipinski definition) is 2. The van der Waals surface area contributed by atoms with Crippen molar-refractivity contribution < 1.29 is 0 Å². The fourth-order valence-electron chi connectivity index (χ4n) is 2.30. The molecule has 5 heteroatoms. The summed E-state index contributed by atoms with van der Waals surface area (Å²) in [5.41, 5.74) is 10.6. The molecule has 0 aliphatic rings. The molecule has 3 N–H and O–H groups in total. The van der Waals surface area contributed by atoms with Crippen LogP contribution in [0.4, 0.5) is 5.69 Å². The summed E-state index contributed by atoms with van der Waals surface area (Å²) in [5.74, 6) is 0.834. The fraction of sp³-hybridized carbons (Fsp3) is 0.300. The molecule has 4 nitrogen and oxygen atoms in total. The number of aromatic amines is 1. The SMILES string of the molecule is CC.CC(C)(C)c1cc(-c2ncc(-c3ccc(N)c(Br)c3)[nH]2)ccn1. The second kappa shape index (κ2) is 7.83. The van der Waals surface area contributed by atoms with Crippen molar-refractivity contribution in [1.29, 1.82) is 0 Å². The molecule has 3 aromatic rings. The Balaban J connectivity index is 0.00000109. The maximum absolute atomic E-state index is 5.84. The quantitative estimate of drug-likeness (QED) is 0.533. The van der Waals surface area contributed by atoms with E-state index in [4.69, 9.17) is 5.73 Å². The number of imidazole rings is 1. The Hall–Kier alpha value is -2.14. The van der Waals surface area contributed by atoms with Crippen molar-refractivity contribution in [2.24, 2.45) is 0 Å². The van der Waals surface area contributed by atoms with Gasteiger partial charge in [-0.1, -0.05) is 40.7 Å². The minimum Gasteiger partial charge on any atom is -0.398 e. The smallest absolute Gasteiger partial charge is 0.137 e. The lowest BCUT2D eigenvalue weighted by Gasteiger charge is -2.17. The molecule has 0 fully saturated rings. The average molecular weight is 401 g/mol. The van der Waals surface area contributed by atoms with Crippen LogP contribution in [0.3, 0.4) is 0 Å². The maximum atomic E-state index is 5.84. The topological polar surface area (TPSA) is 67.6 Å². The molecular formula is C20H25BrN4. The summed E-state index contributed by atoms with van der Waals surface area (Å²) in [6.45, 7) is 10.5. The predicted octanol–water partition coefficient (Wildman–Crippen LogP) is 5.81. The van der Waals surface area contributed by atoms with Gasteiger partial charge in [0, 0.05) is 38.6 Å². The highest BCUT2D eigenvalue weighted by atomic mass is 79.9. The van der Waals surface area contributed by atoms with E-state index in [1.54, 1.807) is 0 Å². The number of aromatic nitrogens is 3. The van der Waals surface area contributed by atoms with E-state index in [1.165, 1.54) is 0 Å². The van der Waals surface area contributed by atoms with Gasteiger partial charge in [0.1, 0.15) is 5.82 Å². The van der Waals surface area contributed by atoms with Crippen LogP contribution in [0.2, 0.25) is 0 Å². The minimum atomic E-state index is 0.00720. The first-order chi connectivity index (χ1) is 11.8. The Labute approximate surface area is 158 Å². The lowest BCUT2D eigenvalue weighted by atomic mass is 9.91. The van der Waals surface area contributed by atoms with E-state index in [1.807, 2.05) is 50.5 Å². The second-order valence-electron chi connectivity index (χ2n) is 6.56. The molecule has 0 amide bonds. The zero-order valence-corrected chi connectivity index (χ0v) is 17.0. The van der Waals surface area contributed by atoms with E-state index >= 15 is 0 Å². The van der Waals surface area contributed by atoms with Crippen molar-refractivity contribution in [3.05, 3.63) is 52.9 Å². The van der Waals surface area contributed by atoms with E-state index < -0.39 is 0 Å². The molecular weight excluding hydrogens is 376 g/mol. The highest BCUT2D eigenvalue weighted by Gasteiger charge is 2.16. The first-order valence-electron chi connectivity index (χ1n) is 8.42. The average Bonchev–Trinajstić information content (AvgIpc) is 3.09. The first kappa shape index (κ1) is 19.2. The Morgan fingerprint density at radius 2 is 1.72 bits per heavy atom. The summed E-state index contributed by atoms with van der Waals surface area (Å²) >= 11 is 3.46. The number of nitrogens with one attached hydrogen (secondary N) is 1. The summed E-state index contributed by atoms with van der Waals surface area (Å²) in [6.07, 6.45) is 3.67. The number of nitrogen functional groups attached to an aromatic ring is 1. The molecule has 132 valence electrons. The van der Waals surface area contributed by atoms with Crippen molar-refractivity contribution in [2.75, 3.05) is 5.73 Å². The van der Waals surface area contributed by atoms with Gasteiger partial charge in [0.15, 0.2) is 0 Å². The second-order valence-corrected chi connectivity index (χ2v) is 7.42. The fourth-order valence-corrected chi connectivity index (χ4v) is 2.68. The minimum absolute atomic E-state index is 0.00720. The van der Waals surface area contributed by atoms with Gasteiger partial charge in [0.05, 0.1) is 11.9 Å². The summed E-state index contributed by atoms with van der Waals surface area (Å²) in [7, 11) is 0. The summed E-state index contributed by atoms with van der Waals surface area (Å²) < 4.78 is 0.880. The number of H-pyrrole nitrogens is 1. The van der Waals surface area contributed by atoms with Gasteiger partial charge in [0.2, 0.25) is 0 Å². The van der Waals surface area contributed by atoms with Crippen LogP contribution < -0.4 is 5.73 Å². The molecule has 0 bridgehead atoms. The molecule has 1 aromatic carbocycles. The molecule has 2 aromatic heterocycles. The number of nitrogens with zero attached hydrogens (tertiary/aromatic N) is 2. The molecule has 0 aliphatic heterocycles. The molecule has 0 saturated carbocycles. The summed E-state index contributed by atoms with van der Waals surface area (Å²) in [6, 6.07) is 9.90. The van der Waals surface area contributed by atoms with Gasteiger partial charge in [-0.3, -0.25) is 4.98 Å². The molecule has 25 heavy (non-hydrogen) atoms. The molecule has 3 rings (SSSR count). The zero-order valence-electron chi connectivity index (χ0n) is 15.4. The Kier molecular flexibility index (Phi) is 6.01. The van der Waals surface area contributed by atoms with Crippen LogP contribution in [-0.4, -0.2) is 15.0 Å². The summed E-state index contributed by atoms with van der Waals surface area (Å²) in [4.78, 5) is 12.3. The van der Waals surface area contributed by atoms with Gasteiger partial charge >= 0.3 is 0 Å². The molecule has 0 aliphatic carbocycles. The van der Waals surface area contributed by atoms with E-state index in [-0.39, 0.29) is 5.41 Å². The third-order valence-electron chi connectivity index (χ3n) is 3.69. The molecule has 0 atom stereocenters. The Bertz CT molecular complexity index is 847. The van der Waals surface area contributed by atoms with Crippen molar-refractivity contribution in [2.45, 2.75) is 40.0 Å². The van der Waals surface area contributed by atoms with Crippen molar-refractivity contribution in [3.8, 4) is 22.6 Å². The first-order valence-corrected chi connectivity index (χ1v) is 9.21. The third-order valence-corrected chi connectivity index (χ3v) is 4.38. The van der Waals surface area contributed by atoms with Crippen LogP contribution in [-0.2, 0) is 5.41 Å². The highest BCUT2D eigenvalue weighted by Crippen LogP contribution is 2.29. The van der Waals surface area contributed by atoms with E-state index in [0.29, 0.717) is 0 Å². The lowest BCUT2D eigenvalue weighted by Crippen LogP contribution is -2.13. The lowest BCUT2D eigenvalue weighted by molar-refractivity contribution is 0.569. The van der Waals surface area contributed by atoms with Crippen LogP contribution >= 0.6 is 15.9 Å². The zero-order chi connectivity index (χ0) is 18.6. The number of halogens is 1. The van der Waals surface area contributed by atoms with Crippen molar-refractivity contribution in [1.82, 2.24) is 15.0 Å². The largest absolute Gasteiger partial charge is 0.398 e. The van der Waals surface area contributed by atoms with E-state index in [2.05, 4.69) is 57.7 Å². The number of anilines is 1. The molecule has 0 radical (unpaired) electrons.